The minimum absolute atomic E-state index is 0.394. The number of carbonyl (C=O) groups is 2. The van der Waals surface area contributed by atoms with E-state index in [4.69, 9.17) is 9.47 Å². The van der Waals surface area contributed by atoms with Gasteiger partial charge >= 0.3 is 5.97 Å². The van der Waals surface area contributed by atoms with Gasteiger partial charge in [-0.05, 0) is 44.5 Å². The van der Waals surface area contributed by atoms with Crippen molar-refractivity contribution in [1.82, 2.24) is 4.98 Å². The van der Waals surface area contributed by atoms with Crippen LogP contribution in [0.5, 0.6) is 5.75 Å². The zero-order valence-corrected chi connectivity index (χ0v) is 16.1. The van der Waals surface area contributed by atoms with Crippen LogP contribution in [-0.4, -0.2) is 30.1 Å². The fourth-order valence-corrected chi connectivity index (χ4v) is 2.93. The van der Waals surface area contributed by atoms with Crippen LogP contribution in [0.25, 0.3) is 10.9 Å². The molecule has 0 saturated carbocycles. The Hall–Kier alpha value is -3.41. The first-order chi connectivity index (χ1) is 13.5. The summed E-state index contributed by atoms with van der Waals surface area (Å²) in [5, 5.41) is 3.42. The molecule has 1 amide bonds. The lowest BCUT2D eigenvalue weighted by Crippen LogP contribution is -2.22. The molecule has 144 valence electrons. The number of ether oxygens (including phenoxy) is 2. The van der Waals surface area contributed by atoms with E-state index < -0.39 is 18.5 Å². The predicted molar refractivity (Wildman–Crippen MR) is 108 cm³/mol. The molecular weight excluding hydrogens is 356 g/mol. The molecular formula is C22H22N2O4. The van der Waals surface area contributed by atoms with Gasteiger partial charge < -0.3 is 14.8 Å². The van der Waals surface area contributed by atoms with E-state index in [1.165, 1.54) is 0 Å². The summed E-state index contributed by atoms with van der Waals surface area (Å²) in [6, 6.07) is 14.5. The lowest BCUT2D eigenvalue weighted by molar-refractivity contribution is -0.119. The molecule has 28 heavy (non-hydrogen) atoms. The number of nitrogens with zero attached hydrogens (tertiary/aromatic N) is 1. The van der Waals surface area contributed by atoms with Crippen LogP contribution in [-0.2, 0) is 9.53 Å². The standard InChI is InChI=1S/C22H22N2O4/c1-4-27-19-12-8-7-11-18(19)24-20(25)13-28-22(26)21-14(2)15(3)23-17-10-6-5-9-16(17)21/h5-12H,4,13H2,1-3H3,(H,24,25). The summed E-state index contributed by atoms with van der Waals surface area (Å²) in [5.41, 5.74) is 3.18. The maximum absolute atomic E-state index is 12.7. The molecule has 0 aliphatic carbocycles. The molecule has 0 unspecified atom stereocenters. The Balaban J connectivity index is 1.74. The molecule has 0 spiro atoms. The zero-order valence-electron chi connectivity index (χ0n) is 16.1. The Bertz CT molecular complexity index is 1030. The molecule has 1 heterocycles. The number of aryl methyl sites for hydroxylation is 1. The lowest BCUT2D eigenvalue weighted by atomic mass is 10.0. The van der Waals surface area contributed by atoms with Gasteiger partial charge in [0, 0.05) is 11.1 Å². The van der Waals surface area contributed by atoms with Crippen LogP contribution >= 0.6 is 0 Å². The second kappa shape index (κ2) is 8.52. The number of amides is 1. The number of carbonyl (C=O) groups excluding carboxylic acids is 2. The highest BCUT2D eigenvalue weighted by atomic mass is 16.5. The number of pyridine rings is 1. The number of esters is 1. The minimum atomic E-state index is -0.549. The largest absolute Gasteiger partial charge is 0.492 e. The van der Waals surface area contributed by atoms with Crippen LogP contribution in [0.1, 0.15) is 28.5 Å². The summed E-state index contributed by atoms with van der Waals surface area (Å²) in [7, 11) is 0. The maximum Gasteiger partial charge on any atom is 0.339 e. The van der Waals surface area contributed by atoms with E-state index in [0.717, 1.165) is 11.3 Å². The van der Waals surface area contributed by atoms with Crippen molar-refractivity contribution in [3.63, 3.8) is 0 Å². The van der Waals surface area contributed by atoms with Crippen LogP contribution in [0, 0.1) is 13.8 Å². The van der Waals surface area contributed by atoms with Gasteiger partial charge in [-0.25, -0.2) is 4.79 Å². The van der Waals surface area contributed by atoms with Crippen molar-refractivity contribution in [3.05, 3.63) is 65.4 Å². The monoisotopic (exact) mass is 378 g/mol. The first-order valence-corrected chi connectivity index (χ1v) is 9.06. The molecule has 1 N–H and O–H groups in total. The van der Waals surface area contributed by atoms with E-state index in [0.29, 0.717) is 34.5 Å². The van der Waals surface area contributed by atoms with Crippen molar-refractivity contribution in [2.45, 2.75) is 20.8 Å². The normalized spacial score (nSPS) is 10.5. The Morgan fingerprint density at radius 2 is 1.75 bits per heavy atom. The molecule has 2 aromatic carbocycles. The first kappa shape index (κ1) is 19.4. The number of hydrogen-bond acceptors (Lipinski definition) is 5. The molecule has 0 aliphatic heterocycles. The van der Waals surface area contributed by atoms with E-state index >= 15 is 0 Å². The fourth-order valence-electron chi connectivity index (χ4n) is 2.93. The van der Waals surface area contributed by atoms with Crippen LogP contribution in [0.4, 0.5) is 5.69 Å². The van der Waals surface area contributed by atoms with Crippen molar-refractivity contribution < 1.29 is 19.1 Å². The molecule has 0 bridgehead atoms. The van der Waals surface area contributed by atoms with Gasteiger partial charge in [-0.15, -0.1) is 0 Å². The van der Waals surface area contributed by atoms with Gasteiger partial charge in [-0.3, -0.25) is 9.78 Å². The van der Waals surface area contributed by atoms with Gasteiger partial charge in [0.2, 0.25) is 0 Å². The quantitative estimate of drug-likeness (QED) is 0.655. The van der Waals surface area contributed by atoms with Crippen molar-refractivity contribution in [2.75, 3.05) is 18.5 Å². The molecule has 0 radical (unpaired) electrons. The molecule has 3 aromatic rings. The highest BCUT2D eigenvalue weighted by Gasteiger charge is 2.19. The molecule has 6 heteroatoms. The zero-order chi connectivity index (χ0) is 20.1. The van der Waals surface area contributed by atoms with Gasteiger partial charge in [0.05, 0.1) is 23.4 Å². The van der Waals surface area contributed by atoms with Crippen molar-refractivity contribution >= 4 is 28.5 Å². The Morgan fingerprint density at radius 3 is 2.54 bits per heavy atom. The Kier molecular flexibility index (Phi) is 5.89. The average Bonchev–Trinajstić information content (AvgIpc) is 2.69. The predicted octanol–water partition coefficient (Wildman–Crippen LogP) is 4.05. The van der Waals surface area contributed by atoms with Crippen molar-refractivity contribution in [3.8, 4) is 5.75 Å². The average molecular weight is 378 g/mol. The van der Waals surface area contributed by atoms with Crippen LogP contribution in [0.15, 0.2) is 48.5 Å². The fraction of sp³-hybridized carbons (Fsp3) is 0.227. The molecule has 3 rings (SSSR count). The van der Waals surface area contributed by atoms with E-state index in [1.807, 2.05) is 51.1 Å². The SMILES string of the molecule is CCOc1ccccc1NC(=O)COC(=O)c1c(C)c(C)nc2ccccc12. The number of nitrogens with one attached hydrogen (secondary N) is 1. The second-order valence-electron chi connectivity index (χ2n) is 6.27. The number of aromatic nitrogens is 1. The van der Waals surface area contributed by atoms with Gasteiger partial charge in [-0.2, -0.15) is 0 Å². The number of hydrogen-bond donors (Lipinski definition) is 1. The molecule has 6 nitrogen and oxygen atoms in total. The maximum atomic E-state index is 12.7. The highest BCUT2D eigenvalue weighted by Crippen LogP contribution is 2.25. The van der Waals surface area contributed by atoms with Gasteiger partial charge in [0.1, 0.15) is 5.75 Å². The second-order valence-corrected chi connectivity index (χ2v) is 6.27. The summed E-state index contributed by atoms with van der Waals surface area (Å²) < 4.78 is 10.8. The molecule has 0 fully saturated rings. The van der Waals surface area contributed by atoms with Gasteiger partial charge in [0.25, 0.3) is 5.91 Å². The molecule has 0 aliphatic rings. The smallest absolute Gasteiger partial charge is 0.339 e. The summed E-state index contributed by atoms with van der Waals surface area (Å²) in [6.45, 7) is 5.62. The lowest BCUT2D eigenvalue weighted by Gasteiger charge is -2.13. The van der Waals surface area contributed by atoms with E-state index in [-0.39, 0.29) is 0 Å². The number of anilines is 1. The summed E-state index contributed by atoms with van der Waals surface area (Å²) in [6.07, 6.45) is 0. The minimum Gasteiger partial charge on any atom is -0.492 e. The van der Waals surface area contributed by atoms with E-state index in [1.54, 1.807) is 18.2 Å². The molecule has 0 saturated heterocycles. The Labute approximate surface area is 163 Å². The summed E-state index contributed by atoms with van der Waals surface area (Å²) in [4.78, 5) is 29.5. The topological polar surface area (TPSA) is 77.5 Å². The third-order valence-corrected chi connectivity index (χ3v) is 4.38. The third kappa shape index (κ3) is 4.11. The number of para-hydroxylation sites is 3. The van der Waals surface area contributed by atoms with Crippen LogP contribution in [0.2, 0.25) is 0 Å². The highest BCUT2D eigenvalue weighted by molar-refractivity contribution is 6.06. The van der Waals surface area contributed by atoms with Crippen molar-refractivity contribution in [2.24, 2.45) is 0 Å². The van der Waals surface area contributed by atoms with Crippen LogP contribution < -0.4 is 10.1 Å². The first-order valence-electron chi connectivity index (χ1n) is 9.06. The van der Waals surface area contributed by atoms with Crippen molar-refractivity contribution in [1.29, 1.82) is 0 Å². The third-order valence-electron chi connectivity index (χ3n) is 4.38. The molecule has 0 atom stereocenters. The van der Waals surface area contributed by atoms with E-state index in [9.17, 15) is 9.59 Å². The summed E-state index contributed by atoms with van der Waals surface area (Å²) >= 11 is 0. The molecule has 1 aromatic heterocycles. The van der Waals surface area contributed by atoms with Crippen LogP contribution in [0.3, 0.4) is 0 Å². The number of rotatable bonds is 6. The van der Waals surface area contributed by atoms with E-state index in [2.05, 4.69) is 10.3 Å². The Morgan fingerprint density at radius 1 is 1.04 bits per heavy atom. The number of fused-ring (bicyclic) bond motifs is 1. The van der Waals surface area contributed by atoms with Gasteiger partial charge in [0.15, 0.2) is 6.61 Å². The summed E-state index contributed by atoms with van der Waals surface area (Å²) in [5.74, 6) is -0.419. The van der Waals surface area contributed by atoms with Gasteiger partial charge in [-0.1, -0.05) is 30.3 Å². The number of benzene rings is 2.